The molecule has 4 aromatic rings. The van der Waals surface area contributed by atoms with Gasteiger partial charge in [-0.25, -0.2) is 0 Å². The summed E-state index contributed by atoms with van der Waals surface area (Å²) in [5, 5.41) is 13.1. The number of anilines is 1. The predicted molar refractivity (Wildman–Crippen MR) is 170 cm³/mol. The van der Waals surface area contributed by atoms with Crippen molar-refractivity contribution in [3.63, 3.8) is 0 Å². The number of amides is 1. The molecule has 4 aromatic carbocycles. The quantitative estimate of drug-likeness (QED) is 0.211. The van der Waals surface area contributed by atoms with Crippen LogP contribution < -0.4 is 5.32 Å². The number of nitriles is 1. The summed E-state index contributed by atoms with van der Waals surface area (Å²) >= 11 is 12.2. The van der Waals surface area contributed by atoms with Crippen molar-refractivity contribution >= 4 is 34.8 Å². The minimum absolute atomic E-state index is 0.101. The van der Waals surface area contributed by atoms with E-state index in [1.807, 2.05) is 24.3 Å². The maximum absolute atomic E-state index is 13.0. The number of carbonyl (C=O) groups excluding carboxylic acids is 1. The third kappa shape index (κ3) is 7.40. The third-order valence-corrected chi connectivity index (χ3v) is 8.36. The van der Waals surface area contributed by atoms with Crippen LogP contribution in [0.5, 0.6) is 0 Å². The van der Waals surface area contributed by atoms with Gasteiger partial charge in [-0.15, -0.1) is 0 Å². The summed E-state index contributed by atoms with van der Waals surface area (Å²) < 4.78 is 6.52. The van der Waals surface area contributed by atoms with E-state index in [0.29, 0.717) is 27.2 Å². The summed E-state index contributed by atoms with van der Waals surface area (Å²) in [6.07, 6.45) is 1.52. The Morgan fingerprint density at radius 1 is 0.929 bits per heavy atom. The molecule has 0 aliphatic carbocycles. The van der Waals surface area contributed by atoms with Crippen molar-refractivity contribution < 1.29 is 9.53 Å². The Hall–Kier alpha value is -3.66. The van der Waals surface area contributed by atoms with Crippen LogP contribution in [0.3, 0.4) is 0 Å². The van der Waals surface area contributed by atoms with Crippen molar-refractivity contribution in [3.05, 3.63) is 124 Å². The van der Waals surface area contributed by atoms with Gasteiger partial charge in [0.05, 0.1) is 17.2 Å². The number of rotatable bonds is 9. The molecular formula is C35H33Cl2N3O2. The van der Waals surface area contributed by atoms with Crippen LogP contribution in [0.1, 0.15) is 42.4 Å². The lowest BCUT2D eigenvalue weighted by molar-refractivity contribution is -0.134. The first kappa shape index (κ1) is 29.8. The van der Waals surface area contributed by atoms with Crippen LogP contribution in [0, 0.1) is 11.3 Å². The van der Waals surface area contributed by atoms with Crippen molar-refractivity contribution in [1.29, 1.82) is 5.26 Å². The maximum atomic E-state index is 13.0. The predicted octanol–water partition coefficient (Wildman–Crippen LogP) is 8.28. The minimum Gasteiger partial charge on any atom is -0.360 e. The summed E-state index contributed by atoms with van der Waals surface area (Å²) in [7, 11) is 0. The zero-order valence-corrected chi connectivity index (χ0v) is 25.0. The molecular weight excluding hydrogens is 565 g/mol. The van der Waals surface area contributed by atoms with E-state index in [0.717, 1.165) is 49.2 Å². The molecule has 42 heavy (non-hydrogen) atoms. The van der Waals surface area contributed by atoms with Crippen LogP contribution in [-0.4, -0.2) is 37.0 Å². The van der Waals surface area contributed by atoms with Crippen LogP contribution in [0.15, 0.2) is 97.1 Å². The summed E-state index contributed by atoms with van der Waals surface area (Å²) in [5.41, 5.74) is 4.93. The van der Waals surface area contributed by atoms with Crippen LogP contribution >= 0.6 is 23.2 Å². The maximum Gasteiger partial charge on any atom is 0.250 e. The number of nitrogens with zero attached hydrogens (tertiary/aromatic N) is 2. The van der Waals surface area contributed by atoms with Gasteiger partial charge in [0.15, 0.2) is 0 Å². The van der Waals surface area contributed by atoms with E-state index in [1.165, 1.54) is 5.56 Å². The molecule has 1 aliphatic heterocycles. The van der Waals surface area contributed by atoms with Crippen molar-refractivity contribution in [3.8, 4) is 17.2 Å². The molecule has 1 heterocycles. The molecule has 1 N–H and O–H groups in total. The van der Waals surface area contributed by atoms with Crippen LogP contribution in [-0.2, 0) is 15.1 Å². The Morgan fingerprint density at radius 2 is 1.62 bits per heavy atom. The average molecular weight is 599 g/mol. The highest BCUT2D eigenvalue weighted by Gasteiger charge is 2.38. The van der Waals surface area contributed by atoms with E-state index in [-0.39, 0.29) is 12.5 Å². The first-order valence-electron chi connectivity index (χ1n) is 14.1. The molecule has 7 heteroatoms. The van der Waals surface area contributed by atoms with Gasteiger partial charge >= 0.3 is 0 Å². The van der Waals surface area contributed by atoms with Gasteiger partial charge in [-0.1, -0.05) is 96.9 Å². The fourth-order valence-corrected chi connectivity index (χ4v) is 6.17. The fraction of sp³-hybridized carbons (Fsp3) is 0.257. The van der Waals surface area contributed by atoms with Crippen molar-refractivity contribution in [1.82, 2.24) is 4.90 Å². The van der Waals surface area contributed by atoms with Gasteiger partial charge in [-0.05, 0) is 71.3 Å². The normalized spacial score (nSPS) is 15.5. The number of hydrogen-bond donors (Lipinski definition) is 1. The van der Waals surface area contributed by atoms with E-state index in [9.17, 15) is 10.1 Å². The lowest BCUT2D eigenvalue weighted by atomic mass is 9.83. The molecule has 214 valence electrons. The molecule has 5 rings (SSSR count). The molecule has 1 amide bonds. The fourth-order valence-electron chi connectivity index (χ4n) is 5.65. The monoisotopic (exact) mass is 597 g/mol. The molecule has 5 nitrogen and oxygen atoms in total. The highest BCUT2D eigenvalue weighted by atomic mass is 35.5. The van der Waals surface area contributed by atoms with Crippen molar-refractivity contribution in [2.75, 3.05) is 31.6 Å². The van der Waals surface area contributed by atoms with Crippen LogP contribution in [0.4, 0.5) is 5.69 Å². The number of hydrogen-bond acceptors (Lipinski definition) is 4. The molecule has 1 atom stereocenters. The van der Waals surface area contributed by atoms with E-state index in [2.05, 4.69) is 71.7 Å². The number of piperidine rings is 1. The highest BCUT2D eigenvalue weighted by molar-refractivity contribution is 6.35. The second-order valence-corrected chi connectivity index (χ2v) is 11.7. The Kier molecular flexibility index (Phi) is 9.62. The van der Waals surface area contributed by atoms with Crippen LogP contribution in [0.2, 0.25) is 10.0 Å². The first-order valence-corrected chi connectivity index (χ1v) is 14.9. The summed E-state index contributed by atoms with van der Waals surface area (Å²) in [6.45, 7) is 4.84. The van der Waals surface area contributed by atoms with Gasteiger partial charge < -0.3 is 15.0 Å². The standard InChI is InChI=1S/C35H33Cl2N3O2/c1-25(27-7-3-2-4-8-27)23-40-16-14-35(15-17-40,42-24-34(41)39-33-20-31(36)19-32(37)21-33)30-12-10-28(11-13-30)29-9-5-6-26(18-29)22-38/h2-13,18-21,25H,14-17,23-24H2,1H3,(H,39,41). The molecule has 0 saturated carbocycles. The van der Waals surface area contributed by atoms with E-state index < -0.39 is 5.60 Å². The first-order chi connectivity index (χ1) is 20.3. The third-order valence-electron chi connectivity index (χ3n) is 7.93. The lowest BCUT2D eigenvalue weighted by Crippen LogP contribution is -2.46. The van der Waals surface area contributed by atoms with Gasteiger partial charge in [0.2, 0.25) is 5.91 Å². The lowest BCUT2D eigenvalue weighted by Gasteiger charge is -2.42. The molecule has 0 aromatic heterocycles. The summed E-state index contributed by atoms with van der Waals surface area (Å²) in [4.78, 5) is 15.4. The number of likely N-dealkylation sites (tertiary alicyclic amines) is 1. The number of benzene rings is 4. The number of nitrogens with one attached hydrogen (secondary N) is 1. The summed E-state index contributed by atoms with van der Waals surface area (Å²) in [5.74, 6) is 0.149. The molecule has 1 aliphatic rings. The average Bonchev–Trinajstić information content (AvgIpc) is 3.01. The number of ether oxygens (including phenoxy) is 1. The zero-order valence-electron chi connectivity index (χ0n) is 23.5. The Morgan fingerprint density at radius 3 is 2.29 bits per heavy atom. The molecule has 1 saturated heterocycles. The molecule has 1 unspecified atom stereocenters. The Labute approximate surface area is 257 Å². The highest BCUT2D eigenvalue weighted by Crippen LogP contribution is 2.38. The topological polar surface area (TPSA) is 65.4 Å². The Bertz CT molecular complexity index is 1540. The van der Waals surface area contributed by atoms with Gasteiger partial charge in [-0.3, -0.25) is 4.79 Å². The molecule has 0 spiro atoms. The van der Waals surface area contributed by atoms with Gasteiger partial charge in [0.1, 0.15) is 6.61 Å². The van der Waals surface area contributed by atoms with Gasteiger partial charge in [0, 0.05) is 35.4 Å². The molecule has 1 fully saturated rings. The van der Waals surface area contributed by atoms with E-state index in [1.54, 1.807) is 24.3 Å². The van der Waals surface area contributed by atoms with Crippen molar-refractivity contribution in [2.45, 2.75) is 31.3 Å². The minimum atomic E-state index is -0.608. The SMILES string of the molecule is CC(CN1CCC(OCC(=O)Nc2cc(Cl)cc(Cl)c2)(c2ccc(-c3cccc(C#N)c3)cc2)CC1)c1ccccc1. The van der Waals surface area contributed by atoms with E-state index in [4.69, 9.17) is 27.9 Å². The van der Waals surface area contributed by atoms with Gasteiger partial charge in [0.25, 0.3) is 0 Å². The van der Waals surface area contributed by atoms with E-state index >= 15 is 0 Å². The van der Waals surface area contributed by atoms with Gasteiger partial charge in [-0.2, -0.15) is 5.26 Å². The largest absolute Gasteiger partial charge is 0.360 e. The van der Waals surface area contributed by atoms with Crippen molar-refractivity contribution in [2.24, 2.45) is 0 Å². The zero-order chi connectivity index (χ0) is 29.5. The second kappa shape index (κ2) is 13.5. The molecule has 0 bridgehead atoms. The number of halogens is 2. The molecule has 0 radical (unpaired) electrons. The smallest absolute Gasteiger partial charge is 0.250 e. The second-order valence-electron chi connectivity index (χ2n) is 10.9. The van der Waals surface area contributed by atoms with Crippen LogP contribution in [0.25, 0.3) is 11.1 Å². The Balaban J connectivity index is 1.32. The number of carbonyl (C=O) groups is 1. The summed E-state index contributed by atoms with van der Waals surface area (Å²) in [6, 6.07) is 33.6.